The number of carboxylic acids is 1. The Kier molecular flexibility index (Phi) is 4.13. The molecule has 1 aromatic heterocycles. The highest BCUT2D eigenvalue weighted by atomic mass is 16.7. The van der Waals surface area contributed by atoms with Crippen LogP contribution in [-0.2, 0) is 11.3 Å². The average molecular weight is 316 g/mol. The molecule has 0 saturated heterocycles. The zero-order valence-corrected chi connectivity index (χ0v) is 12.2. The van der Waals surface area contributed by atoms with E-state index in [1.807, 2.05) is 0 Å². The predicted molar refractivity (Wildman–Crippen MR) is 77.0 cm³/mol. The number of rotatable bonds is 6. The lowest BCUT2D eigenvalue weighted by Gasteiger charge is -2.04. The molecule has 3 rings (SSSR count). The molecule has 0 saturated carbocycles. The molecule has 0 unspecified atom stereocenters. The molecule has 23 heavy (non-hydrogen) atoms. The molecule has 8 nitrogen and oxygen atoms in total. The molecular weight excluding hydrogens is 302 g/mol. The fraction of sp³-hybridized carbons (Fsp3) is 0.267. The quantitative estimate of drug-likeness (QED) is 0.826. The number of nitrogens with zero attached hydrogens (tertiary/aromatic N) is 2. The minimum Gasteiger partial charge on any atom is -0.550 e. The molecule has 2 heterocycles. The first-order chi connectivity index (χ1) is 11.1. The van der Waals surface area contributed by atoms with Gasteiger partial charge < -0.3 is 24.7 Å². The summed E-state index contributed by atoms with van der Waals surface area (Å²) in [4.78, 5) is 22.6. The zero-order chi connectivity index (χ0) is 16.2. The Balaban J connectivity index is 1.59. The number of carbonyl (C=O) groups is 2. The van der Waals surface area contributed by atoms with Crippen molar-refractivity contribution in [1.82, 2.24) is 9.78 Å². The van der Waals surface area contributed by atoms with E-state index in [-0.39, 0.29) is 19.1 Å². The third kappa shape index (κ3) is 3.60. The number of benzene rings is 1. The van der Waals surface area contributed by atoms with Crippen LogP contribution in [0.3, 0.4) is 0 Å². The van der Waals surface area contributed by atoms with Gasteiger partial charge in [-0.1, -0.05) is 0 Å². The summed E-state index contributed by atoms with van der Waals surface area (Å²) in [7, 11) is 0. The maximum atomic E-state index is 12.2. The molecule has 8 heteroatoms. The summed E-state index contributed by atoms with van der Waals surface area (Å²) in [6, 6.07) is 4.94. The summed E-state index contributed by atoms with van der Waals surface area (Å²) in [5.74, 6) is -0.232. The molecule has 1 aromatic carbocycles. The standard InChI is InChI=1S/C15H15N3O5/c19-14(20)2-1-5-18-8-11(7-16-18)17-15(21)10-3-4-12-13(6-10)23-9-22-12/h3-4,6-8H,1-2,5,9H2,(H,17,21)(H,19,20)/p-1. The molecular formula is C15H14N3O5-. The summed E-state index contributed by atoms with van der Waals surface area (Å²) in [5, 5.41) is 17.1. The van der Waals surface area contributed by atoms with Crippen molar-refractivity contribution in [2.75, 3.05) is 12.1 Å². The van der Waals surface area contributed by atoms with Crippen LogP contribution in [0.1, 0.15) is 23.2 Å². The van der Waals surface area contributed by atoms with Crippen molar-refractivity contribution in [1.29, 1.82) is 0 Å². The maximum Gasteiger partial charge on any atom is 0.255 e. The van der Waals surface area contributed by atoms with Crippen molar-refractivity contribution >= 4 is 17.6 Å². The van der Waals surface area contributed by atoms with Crippen LogP contribution in [-0.4, -0.2) is 28.4 Å². The average Bonchev–Trinajstić information content (AvgIpc) is 3.15. The van der Waals surface area contributed by atoms with Gasteiger partial charge in [0.15, 0.2) is 11.5 Å². The number of aliphatic carboxylic acids is 1. The number of carboxylic acid groups (broad SMARTS) is 1. The van der Waals surface area contributed by atoms with Crippen molar-refractivity contribution in [3.05, 3.63) is 36.2 Å². The van der Waals surface area contributed by atoms with Crippen LogP contribution < -0.4 is 19.9 Å². The lowest BCUT2D eigenvalue weighted by atomic mass is 10.2. The highest BCUT2D eigenvalue weighted by molar-refractivity contribution is 6.04. The van der Waals surface area contributed by atoms with Gasteiger partial charge in [-0.2, -0.15) is 5.10 Å². The maximum absolute atomic E-state index is 12.2. The molecule has 0 spiro atoms. The van der Waals surface area contributed by atoms with Gasteiger partial charge in [0.25, 0.3) is 5.91 Å². The van der Waals surface area contributed by atoms with E-state index in [4.69, 9.17) is 9.47 Å². The van der Waals surface area contributed by atoms with Gasteiger partial charge in [0.1, 0.15) is 0 Å². The number of fused-ring (bicyclic) bond motifs is 1. The number of nitrogens with one attached hydrogen (secondary N) is 1. The molecule has 120 valence electrons. The van der Waals surface area contributed by atoms with Crippen molar-refractivity contribution in [2.45, 2.75) is 19.4 Å². The van der Waals surface area contributed by atoms with E-state index in [2.05, 4.69) is 10.4 Å². The lowest BCUT2D eigenvalue weighted by molar-refractivity contribution is -0.305. The Labute approximate surface area is 131 Å². The fourth-order valence-corrected chi connectivity index (χ4v) is 2.18. The van der Waals surface area contributed by atoms with Crippen molar-refractivity contribution in [3.63, 3.8) is 0 Å². The van der Waals surface area contributed by atoms with E-state index < -0.39 is 5.97 Å². The Morgan fingerprint density at radius 2 is 2.13 bits per heavy atom. The zero-order valence-electron chi connectivity index (χ0n) is 12.2. The molecule has 0 aliphatic carbocycles. The summed E-state index contributed by atoms with van der Waals surface area (Å²) >= 11 is 0. The molecule has 0 atom stereocenters. The first kappa shape index (κ1) is 14.9. The molecule has 2 aromatic rings. The molecule has 1 aliphatic heterocycles. The summed E-state index contributed by atoms with van der Waals surface area (Å²) in [6.45, 7) is 0.590. The number of carbonyl (C=O) groups excluding carboxylic acids is 2. The molecule has 1 N–H and O–H groups in total. The molecule has 1 amide bonds. The van der Waals surface area contributed by atoms with E-state index in [1.165, 1.54) is 6.20 Å². The van der Waals surface area contributed by atoms with Gasteiger partial charge in [-0.15, -0.1) is 0 Å². The van der Waals surface area contributed by atoms with Gasteiger partial charge in [0.05, 0.1) is 11.9 Å². The van der Waals surface area contributed by atoms with E-state index in [1.54, 1.807) is 29.1 Å². The second kappa shape index (κ2) is 6.39. The highest BCUT2D eigenvalue weighted by Crippen LogP contribution is 2.32. The first-order valence-corrected chi connectivity index (χ1v) is 7.05. The van der Waals surface area contributed by atoms with Crippen molar-refractivity contribution in [3.8, 4) is 11.5 Å². The third-order valence-corrected chi connectivity index (χ3v) is 3.29. The number of ether oxygens (including phenoxy) is 2. The Morgan fingerprint density at radius 1 is 1.30 bits per heavy atom. The predicted octanol–water partition coefficient (Wildman–Crippen LogP) is 0.394. The Bertz CT molecular complexity index is 740. The van der Waals surface area contributed by atoms with E-state index >= 15 is 0 Å². The molecule has 0 radical (unpaired) electrons. The summed E-state index contributed by atoms with van der Waals surface area (Å²) in [5.41, 5.74) is 0.972. The molecule has 0 fully saturated rings. The smallest absolute Gasteiger partial charge is 0.255 e. The van der Waals surface area contributed by atoms with Crippen LogP contribution in [0.25, 0.3) is 0 Å². The number of anilines is 1. The topological polar surface area (TPSA) is 106 Å². The summed E-state index contributed by atoms with van der Waals surface area (Å²) < 4.78 is 12.0. The largest absolute Gasteiger partial charge is 0.550 e. The van der Waals surface area contributed by atoms with Gasteiger partial charge >= 0.3 is 0 Å². The van der Waals surface area contributed by atoms with Gasteiger partial charge in [0.2, 0.25) is 6.79 Å². The number of aryl methyl sites for hydroxylation is 1. The minimum atomic E-state index is -1.09. The first-order valence-electron chi connectivity index (χ1n) is 7.05. The highest BCUT2D eigenvalue weighted by Gasteiger charge is 2.16. The van der Waals surface area contributed by atoms with Crippen LogP contribution in [0.15, 0.2) is 30.6 Å². The second-order valence-corrected chi connectivity index (χ2v) is 4.99. The number of amides is 1. The molecule has 0 bridgehead atoms. The van der Waals surface area contributed by atoms with Crippen LogP contribution in [0.5, 0.6) is 11.5 Å². The Hall–Kier alpha value is -3.03. The lowest BCUT2D eigenvalue weighted by Crippen LogP contribution is -2.22. The normalized spacial score (nSPS) is 12.2. The van der Waals surface area contributed by atoms with Crippen LogP contribution >= 0.6 is 0 Å². The van der Waals surface area contributed by atoms with Crippen LogP contribution in [0.4, 0.5) is 5.69 Å². The number of hydrogen-bond donors (Lipinski definition) is 1. The van der Waals surface area contributed by atoms with Crippen molar-refractivity contribution < 1.29 is 24.2 Å². The SMILES string of the molecule is O=C([O-])CCCn1cc(NC(=O)c2ccc3c(c2)OCO3)cn1. The second-order valence-electron chi connectivity index (χ2n) is 4.99. The van der Waals surface area contributed by atoms with E-state index in [9.17, 15) is 14.7 Å². The van der Waals surface area contributed by atoms with E-state index in [0.29, 0.717) is 35.7 Å². The van der Waals surface area contributed by atoms with E-state index in [0.717, 1.165) is 0 Å². The van der Waals surface area contributed by atoms with Gasteiger partial charge in [-0.3, -0.25) is 9.48 Å². The van der Waals surface area contributed by atoms with Gasteiger partial charge in [-0.25, -0.2) is 0 Å². The summed E-state index contributed by atoms with van der Waals surface area (Å²) in [6.07, 6.45) is 3.53. The van der Waals surface area contributed by atoms with Crippen molar-refractivity contribution in [2.24, 2.45) is 0 Å². The fourth-order valence-electron chi connectivity index (χ4n) is 2.18. The Morgan fingerprint density at radius 3 is 2.96 bits per heavy atom. The monoisotopic (exact) mass is 316 g/mol. The third-order valence-electron chi connectivity index (χ3n) is 3.29. The minimum absolute atomic E-state index is 0.0290. The van der Waals surface area contributed by atoms with Gasteiger partial charge in [-0.05, 0) is 31.0 Å². The van der Waals surface area contributed by atoms with Crippen LogP contribution in [0, 0.1) is 0 Å². The van der Waals surface area contributed by atoms with Gasteiger partial charge in [0, 0.05) is 24.3 Å². The number of aromatic nitrogens is 2. The van der Waals surface area contributed by atoms with Crippen LogP contribution in [0.2, 0.25) is 0 Å². The molecule has 1 aliphatic rings. The number of hydrogen-bond acceptors (Lipinski definition) is 6.